The van der Waals surface area contributed by atoms with Gasteiger partial charge in [0.25, 0.3) is 0 Å². The molecule has 0 aromatic heterocycles. The second-order valence-corrected chi connectivity index (χ2v) is 7.17. The van der Waals surface area contributed by atoms with E-state index >= 15 is 0 Å². The van der Waals surface area contributed by atoms with E-state index in [9.17, 15) is 4.57 Å². The normalized spacial score (nSPS) is 13.7. The van der Waals surface area contributed by atoms with Crippen LogP contribution in [0.5, 0.6) is 0 Å². The maximum Gasteiger partial charge on any atom is 1.00 e. The van der Waals surface area contributed by atoms with Crippen molar-refractivity contribution in [2.24, 2.45) is 5.73 Å². The minimum atomic E-state index is -3.00. The molecule has 0 spiro atoms. The quantitative estimate of drug-likeness (QED) is 0.202. The Morgan fingerprint density at radius 1 is 1.05 bits per heavy atom. The molecular weight excluding hydrogens is 298 g/mol. The summed E-state index contributed by atoms with van der Waals surface area (Å²) >= 11 is 0. The van der Waals surface area contributed by atoms with Gasteiger partial charge >= 0.3 is 37.2 Å². The van der Waals surface area contributed by atoms with Gasteiger partial charge in [-0.25, -0.2) is 4.62 Å². The molecule has 7 heteroatoms. The molecule has 0 aliphatic rings. The molecule has 5 nitrogen and oxygen atoms in total. The largest absolute Gasteiger partial charge is 1.00 e. The predicted molar refractivity (Wildman–Crippen MR) is 86.0 cm³/mol. The van der Waals surface area contributed by atoms with Gasteiger partial charge in [-0.05, 0) is 12.8 Å². The van der Waals surface area contributed by atoms with E-state index in [1.165, 1.54) is 25.7 Å². The van der Waals surface area contributed by atoms with Crippen molar-refractivity contribution in [1.29, 1.82) is 0 Å². The molecule has 1 atom stereocenters. The minimum absolute atomic E-state index is 0. The molecule has 0 bridgehead atoms. The molecule has 0 rings (SSSR count). The number of nitrogens with two attached hydrogens (primary N) is 1. The molecule has 0 amide bonds. The van der Waals surface area contributed by atoms with Crippen molar-refractivity contribution in [2.75, 3.05) is 25.9 Å². The minimum Gasteiger partial charge on any atom is -1.00 e. The number of unbranched alkanes of at least 4 members (excludes halogenated alkanes) is 6. The molecule has 1 unspecified atom stereocenters. The number of hydroxylamine groups is 1. The van der Waals surface area contributed by atoms with E-state index in [1.807, 2.05) is 0 Å². The van der Waals surface area contributed by atoms with E-state index in [1.54, 1.807) is 0 Å². The van der Waals surface area contributed by atoms with E-state index in [-0.39, 0.29) is 31.0 Å². The predicted octanol–water partition coefficient (Wildman–Crippen LogP) is 0.953. The maximum atomic E-state index is 12.5. The third kappa shape index (κ3) is 15.7. The van der Waals surface area contributed by atoms with E-state index < -0.39 is 7.60 Å². The van der Waals surface area contributed by atoms with Crippen LogP contribution in [0.25, 0.3) is 0 Å². The van der Waals surface area contributed by atoms with E-state index in [4.69, 9.17) is 14.9 Å². The summed E-state index contributed by atoms with van der Waals surface area (Å²) in [4.78, 5) is 0. The van der Waals surface area contributed by atoms with Gasteiger partial charge in [0, 0.05) is 13.1 Å². The maximum absolute atomic E-state index is 12.5. The molecule has 0 fully saturated rings. The van der Waals surface area contributed by atoms with Gasteiger partial charge in [0.1, 0.15) is 0 Å². The van der Waals surface area contributed by atoms with Gasteiger partial charge in [0.15, 0.2) is 0 Å². The summed E-state index contributed by atoms with van der Waals surface area (Å²) < 4.78 is 23.2. The molecule has 0 saturated heterocycles. The first-order valence-electron chi connectivity index (χ1n) is 8.03. The van der Waals surface area contributed by atoms with E-state index in [2.05, 4.69) is 19.3 Å². The Morgan fingerprint density at radius 3 is 2.29 bits per heavy atom. The van der Waals surface area contributed by atoms with Gasteiger partial charge in [0.05, 0.1) is 12.8 Å². The van der Waals surface area contributed by atoms with Crippen LogP contribution in [0.3, 0.4) is 0 Å². The second kappa shape index (κ2) is 17.4. The van der Waals surface area contributed by atoms with Crippen LogP contribution in [0.15, 0.2) is 0 Å². The number of nitrogens with one attached hydrogen (secondary N) is 1. The molecular formula is C14H34N2NaO3P. The zero-order valence-electron chi connectivity index (χ0n) is 15.2. The monoisotopic (exact) mass is 332 g/mol. The molecule has 0 saturated carbocycles. The Labute approximate surface area is 154 Å². The van der Waals surface area contributed by atoms with Crippen molar-refractivity contribution < 1.29 is 44.7 Å². The molecule has 0 heterocycles. The zero-order valence-corrected chi connectivity index (χ0v) is 17.1. The van der Waals surface area contributed by atoms with Gasteiger partial charge in [0.2, 0.25) is 0 Å². The molecule has 0 aliphatic heterocycles. The Bertz CT molecular complexity index is 250. The number of hydrogen-bond donors (Lipinski definition) is 2. The molecule has 0 aliphatic carbocycles. The Morgan fingerprint density at radius 2 is 1.67 bits per heavy atom. The Kier molecular flexibility index (Phi) is 20.2. The summed E-state index contributed by atoms with van der Waals surface area (Å²) in [5, 5.41) is 0. The third-order valence-electron chi connectivity index (χ3n) is 3.02. The first kappa shape index (κ1) is 24.3. The van der Waals surface area contributed by atoms with Crippen LogP contribution in [0.1, 0.15) is 66.6 Å². The van der Waals surface area contributed by atoms with Gasteiger partial charge in [-0.1, -0.05) is 52.4 Å². The standard InChI is InChI=1S/C14H33N2O3P.Na.H/c1-3-5-7-8-9-10-14-20(17,18-13-6-4-2)19-16-12-11-15;;/h16H,3-15H2,1-2H3;;/q;+1;-1. The smallest absolute Gasteiger partial charge is 1.00 e. The van der Waals surface area contributed by atoms with E-state index in [0.29, 0.717) is 25.9 Å². The number of rotatable bonds is 15. The average molecular weight is 332 g/mol. The van der Waals surface area contributed by atoms with Crippen molar-refractivity contribution in [1.82, 2.24) is 5.48 Å². The van der Waals surface area contributed by atoms with Crippen LogP contribution in [-0.4, -0.2) is 25.9 Å². The summed E-state index contributed by atoms with van der Waals surface area (Å²) in [6.07, 6.45) is 9.35. The topological polar surface area (TPSA) is 73.6 Å². The van der Waals surface area contributed by atoms with E-state index in [0.717, 1.165) is 25.7 Å². The van der Waals surface area contributed by atoms with Crippen LogP contribution < -0.4 is 40.8 Å². The molecule has 124 valence electrons. The summed E-state index contributed by atoms with van der Waals surface area (Å²) in [6, 6.07) is 0. The average Bonchev–Trinajstić information content (AvgIpc) is 2.43. The molecule has 3 N–H and O–H groups in total. The summed E-state index contributed by atoms with van der Waals surface area (Å²) in [5.74, 6) is 0. The summed E-state index contributed by atoms with van der Waals surface area (Å²) in [5.41, 5.74) is 8.03. The van der Waals surface area contributed by atoms with Gasteiger partial charge < -0.3 is 11.7 Å². The zero-order chi connectivity index (χ0) is 15.1. The number of hydrogen-bond acceptors (Lipinski definition) is 5. The van der Waals surface area contributed by atoms with Crippen molar-refractivity contribution in [3.63, 3.8) is 0 Å². The van der Waals surface area contributed by atoms with Crippen LogP contribution in [0, 0.1) is 0 Å². The fourth-order valence-electron chi connectivity index (χ4n) is 1.77. The van der Waals surface area contributed by atoms with Crippen molar-refractivity contribution in [2.45, 2.75) is 65.2 Å². The Hall–Kier alpha value is 1.07. The van der Waals surface area contributed by atoms with Crippen LogP contribution in [-0.2, 0) is 13.7 Å². The van der Waals surface area contributed by atoms with Crippen molar-refractivity contribution in [3.8, 4) is 0 Å². The van der Waals surface area contributed by atoms with Gasteiger partial charge in [-0.3, -0.25) is 4.57 Å². The van der Waals surface area contributed by atoms with Crippen LogP contribution in [0.4, 0.5) is 0 Å². The molecule has 0 aromatic carbocycles. The summed E-state index contributed by atoms with van der Waals surface area (Å²) in [7, 11) is -3.00. The van der Waals surface area contributed by atoms with Gasteiger partial charge in [-0.15, -0.1) is 0 Å². The fourth-order valence-corrected chi connectivity index (χ4v) is 3.35. The molecule has 21 heavy (non-hydrogen) atoms. The first-order chi connectivity index (χ1) is 9.68. The van der Waals surface area contributed by atoms with Crippen LogP contribution in [0.2, 0.25) is 0 Å². The van der Waals surface area contributed by atoms with Gasteiger partial charge in [-0.2, -0.15) is 5.48 Å². The summed E-state index contributed by atoms with van der Waals surface area (Å²) in [6.45, 7) is 5.71. The van der Waals surface area contributed by atoms with Crippen LogP contribution >= 0.6 is 7.60 Å². The molecule has 0 aromatic rings. The second-order valence-electron chi connectivity index (χ2n) is 5.06. The third-order valence-corrected chi connectivity index (χ3v) is 4.87. The van der Waals surface area contributed by atoms with Crippen molar-refractivity contribution >= 4 is 7.60 Å². The fraction of sp³-hybridized carbons (Fsp3) is 1.00. The first-order valence-corrected chi connectivity index (χ1v) is 9.76. The Balaban J connectivity index is -0.00000180. The molecule has 0 radical (unpaired) electrons. The van der Waals surface area contributed by atoms with Crippen molar-refractivity contribution in [3.05, 3.63) is 0 Å². The SMILES string of the molecule is CCCCCCCCP(=O)(OCCCC)ONCCN.[H-].[Na+].